The summed E-state index contributed by atoms with van der Waals surface area (Å²) >= 11 is 1.52. The van der Waals surface area contributed by atoms with Crippen LogP contribution in [-0.4, -0.2) is 81.4 Å². The molecular formula is C46H50N8O5S. The molecule has 13 nitrogen and oxygen atoms in total. The van der Waals surface area contributed by atoms with Crippen molar-refractivity contribution in [1.29, 1.82) is 0 Å². The summed E-state index contributed by atoms with van der Waals surface area (Å²) in [6.45, 7) is 5.71. The van der Waals surface area contributed by atoms with E-state index in [-0.39, 0.29) is 35.9 Å². The second kappa shape index (κ2) is 16.6. The maximum absolute atomic E-state index is 13.1. The van der Waals surface area contributed by atoms with Gasteiger partial charge in [0.25, 0.3) is 5.91 Å². The van der Waals surface area contributed by atoms with E-state index in [9.17, 15) is 24.0 Å². The van der Waals surface area contributed by atoms with Gasteiger partial charge < -0.3 is 20.4 Å². The highest BCUT2D eigenvalue weighted by atomic mass is 32.1. The lowest BCUT2D eigenvalue weighted by Crippen LogP contribution is -2.48. The Bertz CT molecular complexity index is 2710. The Hall–Kier alpha value is -6.02. The minimum Gasteiger partial charge on any atom is -0.381 e. The van der Waals surface area contributed by atoms with E-state index in [1.165, 1.54) is 15.9 Å². The average molecular weight is 827 g/mol. The van der Waals surface area contributed by atoms with Crippen LogP contribution in [0.2, 0.25) is 0 Å². The van der Waals surface area contributed by atoms with Crippen LogP contribution in [0.25, 0.3) is 43.3 Å². The lowest BCUT2D eigenvalue weighted by Gasteiger charge is -2.36. The number of benzene rings is 3. The molecule has 3 aromatic carbocycles. The summed E-state index contributed by atoms with van der Waals surface area (Å²) in [7, 11) is 1.72. The Balaban J connectivity index is 0.717. The van der Waals surface area contributed by atoms with Crippen LogP contribution in [0.5, 0.6) is 0 Å². The Labute approximate surface area is 351 Å². The number of aromatic nitrogens is 3. The van der Waals surface area contributed by atoms with Gasteiger partial charge in [-0.25, -0.2) is 9.78 Å². The zero-order valence-electron chi connectivity index (χ0n) is 34.1. The number of carbonyl (C=O) groups is 4. The van der Waals surface area contributed by atoms with Crippen molar-refractivity contribution in [3.8, 4) is 11.3 Å². The van der Waals surface area contributed by atoms with Crippen LogP contribution in [0, 0.1) is 0 Å². The first kappa shape index (κ1) is 39.4. The summed E-state index contributed by atoms with van der Waals surface area (Å²) in [5.74, 6) is -0.518. The number of nitrogens with one attached hydrogen (secondary N) is 3. The predicted octanol–water partition coefficient (Wildman–Crippen LogP) is 6.52. The highest BCUT2D eigenvalue weighted by molar-refractivity contribution is 7.21. The molecule has 310 valence electrons. The molecule has 3 aliphatic heterocycles. The van der Waals surface area contributed by atoms with Gasteiger partial charge in [-0.1, -0.05) is 37.5 Å². The number of imidazole rings is 1. The molecule has 0 saturated carbocycles. The van der Waals surface area contributed by atoms with Crippen LogP contribution >= 0.6 is 11.3 Å². The number of pyridine rings is 1. The normalized spacial score (nSPS) is 18.4. The number of aryl methyl sites for hydroxylation is 2. The third kappa shape index (κ3) is 7.64. The lowest BCUT2D eigenvalue weighted by atomic mass is 10.0. The Kier molecular flexibility index (Phi) is 10.9. The van der Waals surface area contributed by atoms with E-state index in [4.69, 9.17) is 4.98 Å². The number of anilines is 2. The molecule has 9 rings (SSSR count). The summed E-state index contributed by atoms with van der Waals surface area (Å²) in [5, 5.41) is 11.0. The number of carbonyl (C=O) groups excluding carboxylic acids is 4. The summed E-state index contributed by atoms with van der Waals surface area (Å²) in [5.41, 5.74) is 7.26. The summed E-state index contributed by atoms with van der Waals surface area (Å²) in [6.07, 6.45) is 7.06. The van der Waals surface area contributed by atoms with Crippen molar-refractivity contribution in [3.63, 3.8) is 0 Å². The summed E-state index contributed by atoms with van der Waals surface area (Å²) in [6, 6.07) is 22.2. The summed E-state index contributed by atoms with van der Waals surface area (Å²) in [4.78, 5) is 73.2. The number of hydrogen-bond donors (Lipinski definition) is 3. The van der Waals surface area contributed by atoms with E-state index in [1.807, 2.05) is 36.1 Å². The molecule has 2 fully saturated rings. The van der Waals surface area contributed by atoms with Crippen molar-refractivity contribution >= 4 is 78.4 Å². The van der Waals surface area contributed by atoms with E-state index in [0.717, 1.165) is 124 Å². The molecular weight excluding hydrogens is 777 g/mol. The minimum atomic E-state index is -0.682. The smallest absolute Gasteiger partial charge is 0.329 e. The molecule has 6 aromatic rings. The van der Waals surface area contributed by atoms with Gasteiger partial charge in [-0.05, 0) is 86.7 Å². The van der Waals surface area contributed by atoms with Crippen molar-refractivity contribution in [3.05, 3.63) is 87.7 Å². The van der Waals surface area contributed by atoms with Crippen molar-refractivity contribution in [2.75, 3.05) is 42.9 Å². The third-order valence-corrected chi connectivity index (χ3v) is 13.5. The van der Waals surface area contributed by atoms with Crippen LogP contribution < -0.4 is 26.5 Å². The number of hydrogen-bond acceptors (Lipinski definition) is 9. The molecule has 14 heteroatoms. The first-order valence-electron chi connectivity index (χ1n) is 21.2. The molecule has 0 bridgehead atoms. The molecule has 60 heavy (non-hydrogen) atoms. The number of piperazine rings is 1. The molecule has 6 heterocycles. The highest BCUT2D eigenvalue weighted by Crippen LogP contribution is 2.41. The monoisotopic (exact) mass is 826 g/mol. The first-order chi connectivity index (χ1) is 29.1. The molecule has 2 atom stereocenters. The van der Waals surface area contributed by atoms with Crippen LogP contribution in [0.15, 0.2) is 71.5 Å². The van der Waals surface area contributed by atoms with E-state index >= 15 is 0 Å². The van der Waals surface area contributed by atoms with Gasteiger partial charge in [0.1, 0.15) is 10.9 Å². The second-order valence-corrected chi connectivity index (χ2v) is 17.5. The number of unbranched alkanes of at least 4 members (excludes halogenated alkanes) is 4. The van der Waals surface area contributed by atoms with Gasteiger partial charge in [0, 0.05) is 85.4 Å². The van der Waals surface area contributed by atoms with Crippen molar-refractivity contribution in [2.24, 2.45) is 7.05 Å². The van der Waals surface area contributed by atoms with Gasteiger partial charge in [-0.15, -0.1) is 11.3 Å². The Morgan fingerprint density at radius 2 is 1.65 bits per heavy atom. The van der Waals surface area contributed by atoms with E-state index in [2.05, 4.69) is 63.3 Å². The SMILES string of the molecule is C[C@@H]1CNc2c(sc3ccc4nc(-c5ccc(N6CCN(C(=O)CCCCCCCc7ccc8c(c7)n(C)c(=O)n8C7CCC(=O)NC7=O)CC6)cc5)ccc4c23)C(=O)N1. The van der Waals surface area contributed by atoms with Gasteiger partial charge in [-0.2, -0.15) is 0 Å². The molecule has 3 aromatic heterocycles. The molecule has 3 N–H and O–H groups in total. The standard InChI is InChI=1S/C46H50N8O5S/c1-28-27-47-42-41-32-15-16-33(49-34(32)17-20-38(41)60-43(42)45(58)48-28)30-11-13-31(14-12-30)52-22-24-53(25-23-52)40(56)9-7-5-3-4-6-8-29-10-18-35-37(26-29)51(2)46(59)54(35)36-19-21-39(55)50-44(36)57/h10-18,20,26,28,36,47H,3-9,19,21-25,27H2,1-2H3,(H,48,58)(H,50,55,57)/t28-,36?/m1/s1. The van der Waals surface area contributed by atoms with Crippen molar-refractivity contribution < 1.29 is 19.2 Å². The number of thiophene rings is 1. The zero-order chi connectivity index (χ0) is 41.5. The number of rotatable bonds is 11. The second-order valence-electron chi connectivity index (χ2n) is 16.4. The Morgan fingerprint density at radius 3 is 2.45 bits per heavy atom. The molecule has 4 amide bonds. The highest BCUT2D eigenvalue weighted by Gasteiger charge is 2.31. The maximum Gasteiger partial charge on any atom is 0.329 e. The van der Waals surface area contributed by atoms with E-state index in [0.29, 0.717) is 24.9 Å². The molecule has 3 aliphatic rings. The molecule has 0 radical (unpaired) electrons. The topological polar surface area (TPSA) is 151 Å². The number of fused-ring (bicyclic) bond motifs is 6. The van der Waals surface area contributed by atoms with Crippen molar-refractivity contribution in [1.82, 2.24) is 29.7 Å². The van der Waals surface area contributed by atoms with Gasteiger partial charge in [0.15, 0.2) is 0 Å². The van der Waals surface area contributed by atoms with Crippen LogP contribution in [0.3, 0.4) is 0 Å². The molecule has 0 aliphatic carbocycles. The molecule has 1 unspecified atom stereocenters. The van der Waals surface area contributed by atoms with Gasteiger partial charge in [0.2, 0.25) is 17.7 Å². The number of nitrogens with zero attached hydrogens (tertiary/aromatic N) is 5. The molecule has 0 spiro atoms. The average Bonchev–Trinajstić information content (AvgIpc) is 3.71. The fraction of sp³-hybridized carbons (Fsp3) is 0.391. The van der Waals surface area contributed by atoms with Crippen LogP contribution in [0.4, 0.5) is 11.4 Å². The van der Waals surface area contributed by atoms with Crippen LogP contribution in [0.1, 0.15) is 79.6 Å². The largest absolute Gasteiger partial charge is 0.381 e. The fourth-order valence-electron chi connectivity index (χ4n) is 9.03. The summed E-state index contributed by atoms with van der Waals surface area (Å²) < 4.78 is 4.17. The lowest BCUT2D eigenvalue weighted by molar-refractivity contribution is -0.136. The van der Waals surface area contributed by atoms with E-state index < -0.39 is 11.9 Å². The number of imide groups is 1. The minimum absolute atomic E-state index is 0.0294. The van der Waals surface area contributed by atoms with Gasteiger partial charge in [-0.3, -0.25) is 33.6 Å². The quantitative estimate of drug-likeness (QED) is 0.0988. The zero-order valence-corrected chi connectivity index (χ0v) is 34.9. The third-order valence-electron chi connectivity index (χ3n) is 12.4. The van der Waals surface area contributed by atoms with Gasteiger partial charge in [0.05, 0.1) is 27.9 Å². The maximum atomic E-state index is 13.1. The molecule has 2 saturated heterocycles. The predicted molar refractivity (Wildman–Crippen MR) is 237 cm³/mol. The number of piperidine rings is 1. The fourth-order valence-corrected chi connectivity index (χ4v) is 10.1. The van der Waals surface area contributed by atoms with Crippen molar-refractivity contribution in [2.45, 2.75) is 76.8 Å². The number of amides is 4. The van der Waals surface area contributed by atoms with Crippen LogP contribution in [-0.2, 0) is 27.9 Å². The van der Waals surface area contributed by atoms with Gasteiger partial charge >= 0.3 is 5.69 Å². The Morgan fingerprint density at radius 1 is 0.867 bits per heavy atom. The first-order valence-corrected chi connectivity index (χ1v) is 22.0. The van der Waals surface area contributed by atoms with E-state index in [1.54, 1.807) is 11.6 Å².